The van der Waals surface area contributed by atoms with Gasteiger partial charge in [0.2, 0.25) is 0 Å². The number of hydrogen-bond acceptors (Lipinski definition) is 2. The van der Waals surface area contributed by atoms with E-state index >= 15 is 0 Å². The van der Waals surface area contributed by atoms with E-state index in [9.17, 15) is 9.90 Å². The number of carboxylic acid groups (broad SMARTS) is 1. The van der Waals surface area contributed by atoms with Crippen molar-refractivity contribution >= 4 is 5.97 Å². The summed E-state index contributed by atoms with van der Waals surface area (Å²) in [5.41, 5.74) is 1.65. The lowest BCUT2D eigenvalue weighted by molar-refractivity contribution is -0.157. The molecule has 0 radical (unpaired) electrons. The summed E-state index contributed by atoms with van der Waals surface area (Å²) >= 11 is 0. The molecule has 0 aromatic carbocycles. The molecule has 3 nitrogen and oxygen atoms in total. The smallest absolute Gasteiger partial charge is 0.307 e. The fourth-order valence-corrected chi connectivity index (χ4v) is 5.49. The summed E-state index contributed by atoms with van der Waals surface area (Å²) in [5, 5.41) is 9.49. The number of pyridine rings is 1. The van der Waals surface area contributed by atoms with Crippen molar-refractivity contribution in [3.8, 4) is 0 Å². The van der Waals surface area contributed by atoms with Gasteiger partial charge in [0.1, 0.15) is 0 Å². The Morgan fingerprint density at radius 1 is 1.16 bits per heavy atom. The van der Waals surface area contributed by atoms with E-state index < -0.39 is 5.97 Å². The molecule has 0 aliphatic heterocycles. The number of nitrogens with zero attached hydrogens (tertiary/aromatic N) is 1. The van der Waals surface area contributed by atoms with Crippen LogP contribution in [0.2, 0.25) is 0 Å². The van der Waals surface area contributed by atoms with Crippen LogP contribution in [0.1, 0.15) is 37.7 Å². The first-order valence-corrected chi connectivity index (χ1v) is 7.31. The third-order valence-corrected chi connectivity index (χ3v) is 5.85. The Hall–Kier alpha value is -1.38. The molecule has 4 fully saturated rings. The zero-order valence-electron chi connectivity index (χ0n) is 11.0. The molecule has 5 rings (SSSR count). The normalized spacial score (nSPS) is 43.4. The van der Waals surface area contributed by atoms with Gasteiger partial charge in [-0.3, -0.25) is 9.78 Å². The van der Waals surface area contributed by atoms with Gasteiger partial charge in [-0.05, 0) is 73.0 Å². The van der Waals surface area contributed by atoms with Crippen molar-refractivity contribution in [2.45, 2.75) is 37.5 Å². The van der Waals surface area contributed by atoms with Gasteiger partial charge in [-0.15, -0.1) is 0 Å². The SMILES string of the molecule is O=C(O)C1C2CC3CC1CC(c1ccncc1)(C3)C2. The van der Waals surface area contributed by atoms with Crippen molar-refractivity contribution in [1.82, 2.24) is 4.98 Å². The molecule has 2 unspecified atom stereocenters. The molecular weight excluding hydrogens is 238 g/mol. The molecule has 0 amide bonds. The lowest BCUT2D eigenvalue weighted by atomic mass is 9.45. The molecule has 1 heterocycles. The van der Waals surface area contributed by atoms with Crippen LogP contribution in [0, 0.1) is 23.7 Å². The average molecular weight is 257 g/mol. The van der Waals surface area contributed by atoms with Crippen LogP contribution < -0.4 is 0 Å². The van der Waals surface area contributed by atoms with Crippen LogP contribution in [0.4, 0.5) is 0 Å². The molecule has 1 aromatic heterocycles. The van der Waals surface area contributed by atoms with Gasteiger partial charge in [-0.1, -0.05) is 0 Å². The third kappa shape index (κ3) is 1.57. The van der Waals surface area contributed by atoms with Crippen molar-refractivity contribution in [3.63, 3.8) is 0 Å². The van der Waals surface area contributed by atoms with E-state index in [-0.39, 0.29) is 11.3 Å². The maximum absolute atomic E-state index is 11.5. The van der Waals surface area contributed by atoms with Gasteiger partial charge in [0.25, 0.3) is 0 Å². The predicted octanol–water partition coefficient (Wildman–Crippen LogP) is 2.86. The van der Waals surface area contributed by atoms with Crippen molar-refractivity contribution in [2.24, 2.45) is 23.7 Å². The monoisotopic (exact) mass is 257 g/mol. The summed E-state index contributed by atoms with van der Waals surface area (Å²) in [7, 11) is 0. The molecule has 4 aliphatic rings. The number of hydrogen-bond donors (Lipinski definition) is 1. The van der Waals surface area contributed by atoms with Gasteiger partial charge in [-0.2, -0.15) is 0 Å². The summed E-state index contributed by atoms with van der Waals surface area (Å²) in [5.74, 6) is 0.917. The fraction of sp³-hybridized carbons (Fsp3) is 0.625. The van der Waals surface area contributed by atoms with Gasteiger partial charge in [0.05, 0.1) is 5.92 Å². The zero-order valence-corrected chi connectivity index (χ0v) is 11.0. The Kier molecular flexibility index (Phi) is 2.30. The van der Waals surface area contributed by atoms with Crippen LogP contribution in [-0.4, -0.2) is 16.1 Å². The van der Waals surface area contributed by atoms with Crippen molar-refractivity contribution in [2.75, 3.05) is 0 Å². The molecule has 0 saturated heterocycles. The van der Waals surface area contributed by atoms with Crippen LogP contribution in [0.15, 0.2) is 24.5 Å². The van der Waals surface area contributed by atoms with Crippen LogP contribution >= 0.6 is 0 Å². The maximum Gasteiger partial charge on any atom is 0.307 e. The summed E-state index contributed by atoms with van der Waals surface area (Å²) in [6.45, 7) is 0. The standard InChI is InChI=1S/C16H19NO2/c18-15(19)14-11-5-10-6-12(14)9-16(7-10,8-11)13-1-3-17-4-2-13/h1-4,10-12,14H,5-9H2,(H,18,19). The summed E-state index contributed by atoms with van der Waals surface area (Å²) in [6, 6.07) is 4.28. The first-order chi connectivity index (χ1) is 9.18. The molecule has 0 spiro atoms. The Balaban J connectivity index is 1.73. The molecular formula is C16H19NO2. The molecule has 4 bridgehead atoms. The molecule has 100 valence electrons. The topological polar surface area (TPSA) is 50.2 Å². The highest BCUT2D eigenvalue weighted by atomic mass is 16.4. The predicted molar refractivity (Wildman–Crippen MR) is 70.6 cm³/mol. The highest BCUT2D eigenvalue weighted by Gasteiger charge is 2.57. The van der Waals surface area contributed by atoms with Crippen LogP contribution in [0.25, 0.3) is 0 Å². The van der Waals surface area contributed by atoms with Gasteiger partial charge in [-0.25, -0.2) is 0 Å². The first kappa shape index (κ1) is 11.4. The van der Waals surface area contributed by atoms with Crippen LogP contribution in [-0.2, 0) is 10.2 Å². The van der Waals surface area contributed by atoms with Crippen LogP contribution in [0.3, 0.4) is 0 Å². The largest absolute Gasteiger partial charge is 0.481 e. The quantitative estimate of drug-likeness (QED) is 0.886. The first-order valence-electron chi connectivity index (χ1n) is 7.31. The van der Waals surface area contributed by atoms with Crippen molar-refractivity contribution < 1.29 is 9.90 Å². The second-order valence-corrected chi connectivity index (χ2v) is 6.85. The fourth-order valence-electron chi connectivity index (χ4n) is 5.49. The minimum Gasteiger partial charge on any atom is -0.481 e. The number of aromatic nitrogens is 1. The molecule has 19 heavy (non-hydrogen) atoms. The van der Waals surface area contributed by atoms with Crippen molar-refractivity contribution in [3.05, 3.63) is 30.1 Å². The second-order valence-electron chi connectivity index (χ2n) is 6.85. The molecule has 2 atom stereocenters. The number of carboxylic acids is 1. The van der Waals surface area contributed by atoms with E-state index in [0.717, 1.165) is 31.6 Å². The van der Waals surface area contributed by atoms with E-state index in [1.807, 2.05) is 12.4 Å². The lowest BCUT2D eigenvalue weighted by Gasteiger charge is -2.59. The Bertz CT molecular complexity index is 497. The van der Waals surface area contributed by atoms with E-state index in [0.29, 0.717) is 11.8 Å². The van der Waals surface area contributed by atoms with Crippen molar-refractivity contribution in [1.29, 1.82) is 0 Å². The molecule has 4 aliphatic carbocycles. The van der Waals surface area contributed by atoms with E-state index in [2.05, 4.69) is 17.1 Å². The number of aliphatic carboxylic acids is 1. The minimum absolute atomic E-state index is 0.0773. The minimum atomic E-state index is -0.557. The van der Waals surface area contributed by atoms with Gasteiger partial charge < -0.3 is 5.11 Å². The Labute approximate surface area is 113 Å². The third-order valence-electron chi connectivity index (χ3n) is 5.85. The van der Waals surface area contributed by atoms with Gasteiger partial charge in [0, 0.05) is 12.4 Å². The van der Waals surface area contributed by atoms with E-state index in [4.69, 9.17) is 0 Å². The van der Waals surface area contributed by atoms with Crippen LogP contribution in [0.5, 0.6) is 0 Å². The number of carbonyl (C=O) groups is 1. The Morgan fingerprint density at radius 2 is 1.79 bits per heavy atom. The molecule has 1 aromatic rings. The molecule has 1 N–H and O–H groups in total. The second kappa shape index (κ2) is 3.81. The molecule has 4 saturated carbocycles. The lowest BCUT2D eigenvalue weighted by Crippen LogP contribution is -2.54. The Morgan fingerprint density at radius 3 is 2.37 bits per heavy atom. The highest BCUT2D eigenvalue weighted by Crippen LogP contribution is 2.62. The number of rotatable bonds is 2. The maximum atomic E-state index is 11.5. The van der Waals surface area contributed by atoms with E-state index in [1.54, 1.807) is 0 Å². The average Bonchev–Trinajstić information content (AvgIpc) is 2.38. The summed E-state index contributed by atoms with van der Waals surface area (Å²) in [4.78, 5) is 15.6. The van der Waals surface area contributed by atoms with Gasteiger partial charge >= 0.3 is 5.97 Å². The molecule has 3 heteroatoms. The summed E-state index contributed by atoms with van der Waals surface area (Å²) in [6.07, 6.45) is 9.43. The zero-order chi connectivity index (χ0) is 13.0. The van der Waals surface area contributed by atoms with E-state index in [1.165, 1.54) is 12.0 Å². The summed E-state index contributed by atoms with van der Waals surface area (Å²) < 4.78 is 0. The highest BCUT2D eigenvalue weighted by molar-refractivity contribution is 5.71. The van der Waals surface area contributed by atoms with Gasteiger partial charge in [0.15, 0.2) is 0 Å².